The molecule has 1 heterocycles. The maximum absolute atomic E-state index is 12.4. The molecule has 0 bridgehead atoms. The Kier molecular flexibility index (Phi) is 5.94. The predicted octanol–water partition coefficient (Wildman–Crippen LogP) is 0.489. The second-order valence-electron chi connectivity index (χ2n) is 4.17. The van der Waals surface area contributed by atoms with E-state index in [1.807, 2.05) is 0 Å². The molecule has 0 saturated carbocycles. The zero-order valence-electron chi connectivity index (χ0n) is 11.0. The molecule has 1 aromatic rings. The molecule has 20 heavy (non-hydrogen) atoms. The van der Waals surface area contributed by atoms with Crippen molar-refractivity contribution in [1.29, 1.82) is 0 Å². The van der Waals surface area contributed by atoms with Crippen molar-refractivity contribution in [2.75, 3.05) is 33.3 Å². The van der Waals surface area contributed by atoms with Crippen LogP contribution in [-0.4, -0.2) is 52.0 Å². The second-order valence-corrected chi connectivity index (χ2v) is 6.11. The van der Waals surface area contributed by atoms with Crippen molar-refractivity contribution in [1.82, 2.24) is 9.62 Å². The summed E-state index contributed by atoms with van der Waals surface area (Å²) in [5, 5.41) is 3.10. The standard InChI is InChI=1S/C12H16N2O4S.ClH/c1-18-12(15)10-3-2-4-11(9-10)19(16,17)14-7-5-13-6-8-14;/h2-4,9,13H,5-8H2,1H3;1H. The first-order valence-electron chi connectivity index (χ1n) is 5.95. The molecular formula is C12H17ClN2O4S. The summed E-state index contributed by atoms with van der Waals surface area (Å²) in [6, 6.07) is 5.91. The number of ether oxygens (including phenoxy) is 1. The van der Waals surface area contributed by atoms with Gasteiger partial charge in [-0.3, -0.25) is 0 Å². The van der Waals surface area contributed by atoms with E-state index in [9.17, 15) is 13.2 Å². The highest BCUT2D eigenvalue weighted by Gasteiger charge is 2.26. The van der Waals surface area contributed by atoms with Crippen molar-refractivity contribution in [3.05, 3.63) is 29.8 Å². The Morgan fingerprint density at radius 3 is 2.55 bits per heavy atom. The number of halogens is 1. The Balaban J connectivity index is 0.00000200. The summed E-state index contributed by atoms with van der Waals surface area (Å²) >= 11 is 0. The molecule has 1 aromatic carbocycles. The largest absolute Gasteiger partial charge is 0.465 e. The highest BCUT2D eigenvalue weighted by molar-refractivity contribution is 7.89. The molecule has 1 aliphatic rings. The molecule has 112 valence electrons. The summed E-state index contributed by atoms with van der Waals surface area (Å²) in [6.07, 6.45) is 0. The van der Waals surface area contributed by atoms with Gasteiger partial charge in [0.2, 0.25) is 10.0 Å². The van der Waals surface area contributed by atoms with Gasteiger partial charge >= 0.3 is 5.97 Å². The van der Waals surface area contributed by atoms with Crippen molar-refractivity contribution >= 4 is 28.4 Å². The smallest absolute Gasteiger partial charge is 0.337 e. The summed E-state index contributed by atoms with van der Waals surface area (Å²) in [4.78, 5) is 11.6. The van der Waals surface area contributed by atoms with Crippen molar-refractivity contribution in [3.8, 4) is 0 Å². The molecule has 0 spiro atoms. The molecular weight excluding hydrogens is 304 g/mol. The van der Waals surface area contributed by atoms with Gasteiger partial charge in [-0.05, 0) is 18.2 Å². The van der Waals surface area contributed by atoms with Crippen LogP contribution < -0.4 is 5.32 Å². The van der Waals surface area contributed by atoms with Gasteiger partial charge in [0.15, 0.2) is 0 Å². The van der Waals surface area contributed by atoms with Crippen molar-refractivity contribution in [2.24, 2.45) is 0 Å². The number of nitrogens with zero attached hydrogens (tertiary/aromatic N) is 1. The van der Waals surface area contributed by atoms with Crippen LogP contribution in [0.1, 0.15) is 10.4 Å². The molecule has 2 rings (SSSR count). The van der Waals surface area contributed by atoms with Crippen LogP contribution in [0.3, 0.4) is 0 Å². The highest BCUT2D eigenvalue weighted by Crippen LogP contribution is 2.18. The number of carbonyl (C=O) groups excluding carboxylic acids is 1. The topological polar surface area (TPSA) is 75.7 Å². The van der Waals surface area contributed by atoms with Gasteiger partial charge in [0.25, 0.3) is 0 Å². The average molecular weight is 321 g/mol. The SMILES string of the molecule is COC(=O)c1cccc(S(=O)(=O)N2CCNCC2)c1.Cl. The minimum Gasteiger partial charge on any atom is -0.465 e. The quantitative estimate of drug-likeness (QED) is 0.820. The third-order valence-corrected chi connectivity index (χ3v) is 4.86. The van der Waals surface area contributed by atoms with Gasteiger partial charge < -0.3 is 10.1 Å². The number of esters is 1. The number of hydrogen-bond acceptors (Lipinski definition) is 5. The molecule has 0 atom stereocenters. The number of piperazine rings is 1. The molecule has 0 radical (unpaired) electrons. The van der Waals surface area contributed by atoms with Crippen molar-refractivity contribution in [3.63, 3.8) is 0 Å². The molecule has 0 unspecified atom stereocenters. The molecule has 1 saturated heterocycles. The normalized spacial score (nSPS) is 16.2. The van der Waals surface area contributed by atoms with Gasteiger partial charge in [0.1, 0.15) is 0 Å². The van der Waals surface area contributed by atoms with Crippen LogP contribution in [0.4, 0.5) is 0 Å². The minimum absolute atomic E-state index is 0. The highest BCUT2D eigenvalue weighted by atomic mass is 35.5. The monoisotopic (exact) mass is 320 g/mol. The maximum atomic E-state index is 12.4. The van der Waals surface area contributed by atoms with E-state index >= 15 is 0 Å². The molecule has 1 N–H and O–H groups in total. The minimum atomic E-state index is -3.54. The lowest BCUT2D eigenvalue weighted by atomic mass is 10.2. The van der Waals surface area contributed by atoms with Crippen molar-refractivity contribution < 1.29 is 17.9 Å². The van der Waals surface area contributed by atoms with Crippen LogP contribution in [0, 0.1) is 0 Å². The predicted molar refractivity (Wildman–Crippen MR) is 76.7 cm³/mol. The van der Waals surface area contributed by atoms with E-state index in [1.54, 1.807) is 6.07 Å². The lowest BCUT2D eigenvalue weighted by Gasteiger charge is -2.26. The Morgan fingerprint density at radius 2 is 1.95 bits per heavy atom. The van der Waals surface area contributed by atoms with Crippen LogP contribution in [0.5, 0.6) is 0 Å². The second kappa shape index (κ2) is 7.03. The lowest BCUT2D eigenvalue weighted by molar-refractivity contribution is 0.0600. The Hall–Kier alpha value is -1.15. The molecule has 0 aromatic heterocycles. The van der Waals surface area contributed by atoms with Gasteiger partial charge in [-0.1, -0.05) is 6.07 Å². The van der Waals surface area contributed by atoms with Crippen LogP contribution in [0.25, 0.3) is 0 Å². The number of benzene rings is 1. The van der Waals surface area contributed by atoms with Gasteiger partial charge in [-0.15, -0.1) is 12.4 Å². The first kappa shape index (κ1) is 16.9. The van der Waals surface area contributed by atoms with E-state index in [4.69, 9.17) is 0 Å². The van der Waals surface area contributed by atoms with Crippen LogP contribution in [-0.2, 0) is 14.8 Å². The summed E-state index contributed by atoms with van der Waals surface area (Å²) in [7, 11) is -2.28. The Morgan fingerprint density at radius 1 is 1.30 bits per heavy atom. The van der Waals surface area contributed by atoms with Gasteiger partial charge in [-0.2, -0.15) is 4.31 Å². The fraction of sp³-hybridized carbons (Fsp3) is 0.417. The fourth-order valence-electron chi connectivity index (χ4n) is 1.94. The Bertz CT molecular complexity index is 571. The zero-order valence-corrected chi connectivity index (χ0v) is 12.7. The number of hydrogen-bond donors (Lipinski definition) is 1. The van der Waals surface area contributed by atoms with Crippen LogP contribution in [0.2, 0.25) is 0 Å². The maximum Gasteiger partial charge on any atom is 0.337 e. The number of nitrogens with one attached hydrogen (secondary N) is 1. The molecule has 1 aliphatic heterocycles. The molecule has 1 fully saturated rings. The van der Waals surface area contributed by atoms with E-state index < -0.39 is 16.0 Å². The fourth-order valence-corrected chi connectivity index (χ4v) is 3.42. The first-order valence-corrected chi connectivity index (χ1v) is 7.39. The van der Waals surface area contributed by atoms with Gasteiger partial charge in [0.05, 0.1) is 17.6 Å². The first-order chi connectivity index (χ1) is 9.05. The molecule has 0 aliphatic carbocycles. The summed E-state index contributed by atoms with van der Waals surface area (Å²) in [5.74, 6) is -0.544. The number of rotatable bonds is 3. The number of carbonyl (C=O) groups is 1. The Labute approximate surface area is 124 Å². The summed E-state index contributed by atoms with van der Waals surface area (Å²) in [5.41, 5.74) is 0.235. The third-order valence-electron chi connectivity index (χ3n) is 2.97. The third kappa shape index (κ3) is 3.49. The summed E-state index contributed by atoms with van der Waals surface area (Å²) < 4.78 is 30.8. The van der Waals surface area contributed by atoms with E-state index in [0.717, 1.165) is 0 Å². The van der Waals surface area contributed by atoms with Crippen molar-refractivity contribution in [2.45, 2.75) is 4.90 Å². The molecule has 0 amide bonds. The average Bonchev–Trinajstić information content (AvgIpc) is 2.47. The zero-order chi connectivity index (χ0) is 13.9. The van der Waals surface area contributed by atoms with E-state index in [1.165, 1.54) is 29.6 Å². The summed E-state index contributed by atoms with van der Waals surface area (Å²) in [6.45, 7) is 2.14. The van der Waals surface area contributed by atoms with Gasteiger partial charge in [-0.25, -0.2) is 13.2 Å². The van der Waals surface area contributed by atoms with E-state index in [0.29, 0.717) is 26.2 Å². The molecule has 8 heteroatoms. The van der Waals surface area contributed by atoms with E-state index in [2.05, 4.69) is 10.1 Å². The lowest BCUT2D eigenvalue weighted by Crippen LogP contribution is -2.46. The van der Waals surface area contributed by atoms with Crippen LogP contribution in [0.15, 0.2) is 29.2 Å². The number of sulfonamides is 1. The number of methoxy groups -OCH3 is 1. The van der Waals surface area contributed by atoms with Gasteiger partial charge in [0, 0.05) is 26.2 Å². The van der Waals surface area contributed by atoms with Crippen LogP contribution >= 0.6 is 12.4 Å². The molecule has 6 nitrogen and oxygen atoms in total. The van der Waals surface area contributed by atoms with E-state index in [-0.39, 0.29) is 22.9 Å².